The first-order valence-electron chi connectivity index (χ1n) is 9.69. The lowest BCUT2D eigenvalue weighted by atomic mass is 9.89. The number of benzene rings is 1. The number of nitrogens with zero attached hydrogens (tertiary/aromatic N) is 1. The number of hydrogen-bond donors (Lipinski definition) is 1. The highest BCUT2D eigenvalue weighted by molar-refractivity contribution is 5.99. The van der Waals surface area contributed by atoms with Gasteiger partial charge in [0.2, 0.25) is 0 Å². The van der Waals surface area contributed by atoms with Gasteiger partial charge in [0.1, 0.15) is 6.10 Å². The highest BCUT2D eigenvalue weighted by Crippen LogP contribution is 2.30. The molecular weight excluding hydrogens is 370 g/mol. The number of aromatic nitrogens is 1. The second-order valence-electron chi connectivity index (χ2n) is 7.47. The summed E-state index contributed by atoms with van der Waals surface area (Å²) in [4.78, 5) is 29.0. The Hall–Kier alpha value is -2.89. The van der Waals surface area contributed by atoms with Gasteiger partial charge in [0.05, 0.1) is 13.0 Å². The van der Waals surface area contributed by atoms with Crippen LogP contribution in [0.1, 0.15) is 60.3 Å². The summed E-state index contributed by atoms with van der Waals surface area (Å²) in [6.45, 7) is 9.61. The highest BCUT2D eigenvalue weighted by Gasteiger charge is 2.27. The van der Waals surface area contributed by atoms with Crippen LogP contribution in [0.15, 0.2) is 30.5 Å². The number of ether oxygens (including phenoxy) is 2. The molecule has 6 nitrogen and oxygen atoms in total. The van der Waals surface area contributed by atoms with Crippen molar-refractivity contribution < 1.29 is 24.2 Å². The molecular formula is C23H29NO5. The average Bonchev–Trinajstić information content (AvgIpc) is 2.67. The van der Waals surface area contributed by atoms with E-state index in [1.165, 1.54) is 24.9 Å². The smallest absolute Gasteiger partial charge is 0.309 e. The molecule has 1 aromatic heterocycles. The fourth-order valence-corrected chi connectivity index (χ4v) is 3.44. The topological polar surface area (TPSA) is 85.7 Å². The molecule has 0 aliphatic heterocycles. The van der Waals surface area contributed by atoms with Gasteiger partial charge in [0.15, 0.2) is 23.0 Å². The Bertz CT molecular complexity index is 873. The Morgan fingerprint density at radius 2 is 1.72 bits per heavy atom. The number of carbonyl (C=O) groups excluding carboxylic acids is 2. The molecule has 2 rings (SSSR count). The number of methoxy groups -OCH3 is 1. The number of aromatic hydroxyl groups is 1. The first-order valence-corrected chi connectivity index (χ1v) is 9.69. The molecule has 0 aliphatic carbocycles. The molecule has 0 aliphatic rings. The van der Waals surface area contributed by atoms with Gasteiger partial charge in [-0.05, 0) is 37.5 Å². The highest BCUT2D eigenvalue weighted by atomic mass is 16.5. The van der Waals surface area contributed by atoms with Crippen LogP contribution >= 0.6 is 0 Å². The number of esters is 1. The molecule has 0 amide bonds. The fourth-order valence-electron chi connectivity index (χ4n) is 3.44. The number of carbonyl (C=O) groups is 2. The maximum atomic E-state index is 12.6. The fraction of sp³-hybridized carbons (Fsp3) is 0.435. The summed E-state index contributed by atoms with van der Waals surface area (Å²) >= 11 is 0. The minimum Gasteiger partial charge on any atom is -0.503 e. The number of ketones is 1. The summed E-state index contributed by atoms with van der Waals surface area (Å²) in [6, 6.07) is 7.55. The van der Waals surface area contributed by atoms with Gasteiger partial charge in [0, 0.05) is 24.6 Å². The first-order chi connectivity index (χ1) is 13.7. The third-order valence-corrected chi connectivity index (χ3v) is 5.27. The number of aryl methyl sites for hydroxylation is 2. The largest absolute Gasteiger partial charge is 0.503 e. The molecule has 0 spiro atoms. The van der Waals surface area contributed by atoms with Gasteiger partial charge in [0.25, 0.3) is 0 Å². The van der Waals surface area contributed by atoms with Gasteiger partial charge in [-0.1, -0.05) is 32.0 Å². The summed E-state index contributed by atoms with van der Waals surface area (Å²) in [6.07, 6.45) is 0.920. The lowest BCUT2D eigenvalue weighted by Gasteiger charge is -2.25. The zero-order valence-electron chi connectivity index (χ0n) is 17.9. The third kappa shape index (κ3) is 5.13. The van der Waals surface area contributed by atoms with E-state index >= 15 is 0 Å². The van der Waals surface area contributed by atoms with Gasteiger partial charge < -0.3 is 14.6 Å². The first kappa shape index (κ1) is 22.4. The van der Waals surface area contributed by atoms with Gasteiger partial charge in [-0.25, -0.2) is 4.98 Å². The second kappa shape index (κ2) is 9.54. The minimum absolute atomic E-state index is 0.0205. The normalized spacial score (nSPS) is 14.0. The molecule has 0 saturated heterocycles. The van der Waals surface area contributed by atoms with Crippen molar-refractivity contribution in [2.45, 2.75) is 53.1 Å². The monoisotopic (exact) mass is 399 g/mol. The van der Waals surface area contributed by atoms with Gasteiger partial charge >= 0.3 is 5.97 Å². The van der Waals surface area contributed by atoms with Crippen LogP contribution in [0.5, 0.6) is 11.5 Å². The van der Waals surface area contributed by atoms with Crippen LogP contribution in [0.2, 0.25) is 0 Å². The van der Waals surface area contributed by atoms with E-state index in [0.717, 1.165) is 11.1 Å². The van der Waals surface area contributed by atoms with Crippen molar-refractivity contribution in [2.24, 2.45) is 5.92 Å². The van der Waals surface area contributed by atoms with Gasteiger partial charge in [-0.15, -0.1) is 0 Å². The molecule has 1 heterocycles. The number of rotatable bonds is 8. The maximum absolute atomic E-state index is 12.6. The molecule has 0 saturated carbocycles. The lowest BCUT2D eigenvalue weighted by Crippen LogP contribution is -2.26. The van der Waals surface area contributed by atoms with E-state index in [1.807, 2.05) is 45.9 Å². The van der Waals surface area contributed by atoms with E-state index in [1.54, 1.807) is 6.92 Å². The third-order valence-electron chi connectivity index (χ3n) is 5.27. The van der Waals surface area contributed by atoms with E-state index in [9.17, 15) is 14.7 Å². The summed E-state index contributed by atoms with van der Waals surface area (Å²) in [7, 11) is 1.39. The maximum Gasteiger partial charge on any atom is 0.309 e. The van der Waals surface area contributed by atoms with E-state index in [-0.39, 0.29) is 35.6 Å². The zero-order valence-corrected chi connectivity index (χ0v) is 17.9. The van der Waals surface area contributed by atoms with Gasteiger partial charge in [-0.3, -0.25) is 9.59 Å². The molecule has 0 radical (unpaired) electrons. The summed E-state index contributed by atoms with van der Waals surface area (Å²) in [5.74, 6) is -1.70. The van der Waals surface area contributed by atoms with Crippen molar-refractivity contribution in [1.82, 2.24) is 4.98 Å². The van der Waals surface area contributed by atoms with Crippen molar-refractivity contribution in [2.75, 3.05) is 7.11 Å². The second-order valence-corrected chi connectivity index (χ2v) is 7.47. The van der Waals surface area contributed by atoms with Crippen LogP contribution in [-0.2, 0) is 9.53 Å². The van der Waals surface area contributed by atoms with Crippen molar-refractivity contribution in [3.8, 4) is 11.5 Å². The summed E-state index contributed by atoms with van der Waals surface area (Å²) < 4.78 is 10.6. The minimum atomic E-state index is -0.664. The van der Waals surface area contributed by atoms with Gasteiger partial charge in [-0.2, -0.15) is 0 Å². The molecule has 156 valence electrons. The Balaban J connectivity index is 2.04. The van der Waals surface area contributed by atoms with E-state index in [4.69, 9.17) is 9.47 Å². The van der Waals surface area contributed by atoms with Crippen LogP contribution in [0, 0.1) is 19.8 Å². The molecule has 6 heteroatoms. The Labute approximate surface area is 171 Å². The Kier molecular flexibility index (Phi) is 7.37. The van der Waals surface area contributed by atoms with Crippen LogP contribution < -0.4 is 4.74 Å². The molecule has 1 N–H and O–H groups in total. The molecule has 0 bridgehead atoms. The lowest BCUT2D eigenvalue weighted by molar-refractivity contribution is -0.153. The van der Waals surface area contributed by atoms with Crippen molar-refractivity contribution >= 4 is 11.8 Å². The van der Waals surface area contributed by atoms with E-state index in [0.29, 0.717) is 0 Å². The standard InChI is InChI=1S/C23H29NO5/c1-13-8-7-9-14(2)20(13)16(4)17(5)29-23(27)15(3)12-18(25)21-22(26)19(28-6)10-11-24-21/h7-11,15-17,26H,12H2,1-6H3/t15-,16+,17-/m1/s1. The molecule has 1 aromatic carbocycles. The van der Waals surface area contributed by atoms with Crippen molar-refractivity contribution in [3.05, 3.63) is 52.8 Å². The quantitative estimate of drug-likeness (QED) is 0.524. The zero-order chi connectivity index (χ0) is 21.7. The average molecular weight is 399 g/mol. The molecule has 3 atom stereocenters. The molecule has 2 aromatic rings. The van der Waals surface area contributed by atoms with E-state index in [2.05, 4.69) is 4.98 Å². The Morgan fingerprint density at radius 1 is 1.10 bits per heavy atom. The summed E-state index contributed by atoms with van der Waals surface area (Å²) in [5.41, 5.74) is 3.37. The number of pyridine rings is 1. The Morgan fingerprint density at radius 3 is 2.31 bits per heavy atom. The predicted octanol–water partition coefficient (Wildman–Crippen LogP) is 4.36. The predicted molar refractivity (Wildman–Crippen MR) is 110 cm³/mol. The summed E-state index contributed by atoms with van der Waals surface area (Å²) in [5, 5.41) is 10.1. The van der Waals surface area contributed by atoms with Crippen LogP contribution in [-0.4, -0.2) is 35.1 Å². The van der Waals surface area contributed by atoms with Crippen LogP contribution in [0.25, 0.3) is 0 Å². The van der Waals surface area contributed by atoms with Crippen molar-refractivity contribution in [3.63, 3.8) is 0 Å². The number of Topliss-reactive ketones (excluding diaryl/α,β-unsaturated/α-hetero) is 1. The van der Waals surface area contributed by atoms with Crippen LogP contribution in [0.4, 0.5) is 0 Å². The number of hydrogen-bond acceptors (Lipinski definition) is 6. The van der Waals surface area contributed by atoms with Crippen LogP contribution in [0.3, 0.4) is 0 Å². The van der Waals surface area contributed by atoms with Crippen molar-refractivity contribution in [1.29, 1.82) is 0 Å². The molecule has 0 unspecified atom stereocenters. The SMILES string of the molecule is COc1ccnc(C(=O)C[C@@H](C)C(=O)O[C@H](C)[C@H](C)c2c(C)cccc2C)c1O. The molecule has 0 fully saturated rings. The van der Waals surface area contributed by atoms with E-state index < -0.39 is 17.7 Å². The molecule has 29 heavy (non-hydrogen) atoms.